The van der Waals surface area contributed by atoms with Crippen LogP contribution in [-0.4, -0.2) is 104 Å². The van der Waals surface area contributed by atoms with Crippen LogP contribution in [0, 0.1) is 17.3 Å². The number of allylic oxidation sites excluding steroid dienone is 1. The summed E-state index contributed by atoms with van der Waals surface area (Å²) in [6.45, 7) is 21.4. The van der Waals surface area contributed by atoms with E-state index in [1.165, 1.54) is 4.90 Å². The van der Waals surface area contributed by atoms with Crippen molar-refractivity contribution < 1.29 is 33.8 Å². The number of carbonyl (C=O) groups excluding carboxylic acids is 4. The number of aliphatic hydroxyl groups excluding tert-OH is 1. The van der Waals surface area contributed by atoms with Crippen LogP contribution in [0.5, 0.6) is 0 Å². The van der Waals surface area contributed by atoms with E-state index in [4.69, 9.17) is 9.47 Å². The summed E-state index contributed by atoms with van der Waals surface area (Å²) in [7, 11) is 1.69. The molecular weight excluding hydrogens is 702 g/mol. The number of likely N-dealkylation sites (N-methyl/N-ethyl adjacent to an activating group) is 1. The Morgan fingerprint density at radius 3 is 2.34 bits per heavy atom. The van der Waals surface area contributed by atoms with Crippen molar-refractivity contribution in [3.8, 4) is 0 Å². The van der Waals surface area contributed by atoms with Crippen LogP contribution in [-0.2, 0) is 28.7 Å². The molecule has 1 spiro atoms. The van der Waals surface area contributed by atoms with Gasteiger partial charge in [-0.3, -0.25) is 19.2 Å². The first-order chi connectivity index (χ1) is 23.4. The van der Waals surface area contributed by atoms with Crippen molar-refractivity contribution in [2.24, 2.45) is 17.3 Å². The van der Waals surface area contributed by atoms with Crippen LogP contribution >= 0.6 is 15.9 Å². The second kappa shape index (κ2) is 15.3. The van der Waals surface area contributed by atoms with Crippen LogP contribution in [0.4, 0.5) is 0 Å². The van der Waals surface area contributed by atoms with Gasteiger partial charge in [0, 0.05) is 30.4 Å². The maximum Gasteiger partial charge on any atom is 0.313 e. The summed E-state index contributed by atoms with van der Waals surface area (Å²) in [5, 5.41) is 10.4. The predicted octanol–water partition coefficient (Wildman–Crippen LogP) is 5.44. The molecular formula is C39H56BrN3O7. The predicted molar refractivity (Wildman–Crippen MR) is 196 cm³/mol. The van der Waals surface area contributed by atoms with E-state index in [1.54, 1.807) is 35.9 Å². The lowest BCUT2D eigenvalue weighted by Crippen LogP contribution is -2.62. The number of ether oxygens (including phenoxy) is 2. The average molecular weight is 759 g/mol. The van der Waals surface area contributed by atoms with Crippen molar-refractivity contribution in [1.82, 2.24) is 14.7 Å². The zero-order chi connectivity index (χ0) is 37.3. The Balaban J connectivity index is 1.75. The van der Waals surface area contributed by atoms with Gasteiger partial charge in [0.1, 0.15) is 17.7 Å². The molecule has 1 aromatic carbocycles. The van der Waals surface area contributed by atoms with Crippen LogP contribution in [0.3, 0.4) is 0 Å². The molecule has 3 fully saturated rings. The highest BCUT2D eigenvalue weighted by atomic mass is 79.9. The third-order valence-corrected chi connectivity index (χ3v) is 11.5. The number of amides is 3. The van der Waals surface area contributed by atoms with Gasteiger partial charge >= 0.3 is 5.97 Å². The Bertz CT molecular complexity index is 1440. The topological polar surface area (TPSA) is 117 Å². The normalized spacial score (nSPS) is 27.7. The summed E-state index contributed by atoms with van der Waals surface area (Å²) in [6, 6.07) is 6.89. The van der Waals surface area contributed by atoms with E-state index in [2.05, 4.69) is 49.9 Å². The van der Waals surface area contributed by atoms with Gasteiger partial charge in [-0.05, 0) is 57.9 Å². The van der Waals surface area contributed by atoms with E-state index in [9.17, 15) is 24.3 Å². The standard InChI is InChI=1S/C39H56BrN3O7/c1-11-13-19-28(45)41(10)25(4)31(26-17-15-14-16-18-26)49-36(48)29-30-34(46)43(24(3)22-44)33(39(30)21-27(40)32(29)50-39)35(47)42(20-12-2)38(8,9)23-37(5,6)7/h11-12,14-18,24-25,27,29-33,44H,1-2,13,19-23H2,3-10H3/t24-,25-,27?,29+,30-,31+,32+,33+,39-/m1/s1. The van der Waals surface area contributed by atoms with Crippen molar-refractivity contribution in [3.05, 3.63) is 61.2 Å². The molecule has 1 N–H and O–H groups in total. The Morgan fingerprint density at radius 1 is 1.14 bits per heavy atom. The van der Waals surface area contributed by atoms with Crippen LogP contribution < -0.4 is 0 Å². The molecule has 0 aliphatic carbocycles. The second-order valence-corrected chi connectivity index (χ2v) is 17.2. The summed E-state index contributed by atoms with van der Waals surface area (Å²) in [5.41, 5.74) is -1.36. The maximum atomic E-state index is 15.0. The number of alkyl halides is 1. The van der Waals surface area contributed by atoms with E-state index in [1.807, 2.05) is 51.1 Å². The lowest BCUT2D eigenvalue weighted by molar-refractivity contribution is -0.165. The molecule has 3 aliphatic heterocycles. The molecule has 3 saturated heterocycles. The Hall–Kier alpha value is -3.02. The number of nitrogens with zero attached hydrogens (tertiary/aromatic N) is 3. The molecule has 50 heavy (non-hydrogen) atoms. The van der Waals surface area contributed by atoms with Gasteiger partial charge in [-0.15, -0.1) is 13.2 Å². The fraction of sp³-hybridized carbons (Fsp3) is 0.641. The summed E-state index contributed by atoms with van der Waals surface area (Å²) < 4.78 is 13.1. The van der Waals surface area contributed by atoms with Gasteiger partial charge in [-0.1, -0.05) is 79.2 Å². The van der Waals surface area contributed by atoms with Crippen molar-refractivity contribution in [2.75, 3.05) is 20.2 Å². The Labute approximate surface area is 306 Å². The van der Waals surface area contributed by atoms with Crippen molar-refractivity contribution in [2.45, 2.75) is 120 Å². The molecule has 0 aromatic heterocycles. The molecule has 2 bridgehead atoms. The van der Waals surface area contributed by atoms with Crippen LogP contribution in [0.2, 0.25) is 0 Å². The van der Waals surface area contributed by atoms with Crippen molar-refractivity contribution in [1.29, 1.82) is 0 Å². The summed E-state index contributed by atoms with van der Waals surface area (Å²) in [5.74, 6) is -3.50. The SMILES string of the molecule is C=CCCC(=O)N(C)[C@H](C)[C@H](OC(=O)[C@@H]1[C@H]2O[C@@]3(CC2Br)[C@H](C(=O)N(CC=C)C(C)(C)CC(C)(C)C)N([C@H](C)CO)C(=O)[C@@H]13)c1ccccc1. The number of likely N-dealkylation sites (tertiary alicyclic amines) is 1. The van der Waals surface area contributed by atoms with Crippen LogP contribution in [0.15, 0.2) is 55.6 Å². The lowest BCUT2D eigenvalue weighted by atomic mass is 9.70. The highest BCUT2D eigenvalue weighted by Crippen LogP contribution is 2.61. The monoisotopic (exact) mass is 757 g/mol. The van der Waals surface area contributed by atoms with Crippen molar-refractivity contribution in [3.63, 3.8) is 0 Å². The third kappa shape index (κ3) is 7.46. The van der Waals surface area contributed by atoms with Gasteiger partial charge < -0.3 is 29.3 Å². The van der Waals surface area contributed by atoms with Gasteiger partial charge in [-0.2, -0.15) is 0 Å². The molecule has 276 valence electrons. The number of halogens is 1. The Kier molecular flexibility index (Phi) is 12.2. The number of esters is 1. The van der Waals surface area contributed by atoms with Gasteiger partial charge in [0.05, 0.1) is 36.6 Å². The fourth-order valence-electron chi connectivity index (χ4n) is 8.61. The van der Waals surface area contributed by atoms with Gasteiger partial charge in [-0.25, -0.2) is 0 Å². The van der Waals surface area contributed by atoms with Gasteiger partial charge in [0.25, 0.3) is 0 Å². The molecule has 3 heterocycles. The number of benzene rings is 1. The molecule has 0 saturated carbocycles. The number of fused-ring (bicyclic) bond motifs is 1. The number of hydrogen-bond donors (Lipinski definition) is 1. The number of aliphatic hydroxyl groups is 1. The van der Waals surface area contributed by atoms with Crippen LogP contribution in [0.1, 0.15) is 85.8 Å². The highest BCUT2D eigenvalue weighted by molar-refractivity contribution is 9.09. The first kappa shape index (κ1) is 39.8. The number of rotatable bonds is 15. The largest absolute Gasteiger partial charge is 0.455 e. The Morgan fingerprint density at radius 2 is 1.78 bits per heavy atom. The zero-order valence-corrected chi connectivity index (χ0v) is 32.5. The van der Waals surface area contributed by atoms with E-state index in [0.29, 0.717) is 24.8 Å². The summed E-state index contributed by atoms with van der Waals surface area (Å²) in [4.78, 5) is 61.6. The van der Waals surface area contributed by atoms with Gasteiger partial charge in [0.2, 0.25) is 17.7 Å². The van der Waals surface area contributed by atoms with Crippen LogP contribution in [0.25, 0.3) is 0 Å². The molecule has 0 radical (unpaired) electrons. The van der Waals surface area contributed by atoms with E-state index >= 15 is 0 Å². The fourth-order valence-corrected chi connectivity index (χ4v) is 9.55. The minimum absolute atomic E-state index is 0.109. The van der Waals surface area contributed by atoms with E-state index in [-0.39, 0.29) is 41.6 Å². The molecule has 10 nitrogen and oxygen atoms in total. The molecule has 9 atom stereocenters. The van der Waals surface area contributed by atoms with Crippen molar-refractivity contribution >= 4 is 39.6 Å². The second-order valence-electron chi connectivity index (χ2n) is 16.1. The smallest absolute Gasteiger partial charge is 0.313 e. The average Bonchev–Trinajstić information content (AvgIpc) is 3.65. The minimum Gasteiger partial charge on any atom is -0.455 e. The molecule has 1 aromatic rings. The molecule has 3 aliphatic rings. The summed E-state index contributed by atoms with van der Waals surface area (Å²) in [6.07, 6.45) is 3.59. The number of hydrogen-bond acceptors (Lipinski definition) is 7. The van der Waals surface area contributed by atoms with E-state index in [0.717, 1.165) is 0 Å². The number of carbonyl (C=O) groups is 4. The molecule has 3 amide bonds. The first-order valence-electron chi connectivity index (χ1n) is 17.7. The zero-order valence-electron chi connectivity index (χ0n) is 30.9. The third-order valence-electron chi connectivity index (χ3n) is 10.6. The molecule has 1 unspecified atom stereocenters. The first-order valence-corrected chi connectivity index (χ1v) is 18.6. The molecule has 4 rings (SSSR count). The van der Waals surface area contributed by atoms with Gasteiger partial charge in [0.15, 0.2) is 0 Å². The van der Waals surface area contributed by atoms with E-state index < -0.39 is 65.2 Å². The summed E-state index contributed by atoms with van der Waals surface area (Å²) >= 11 is 3.75. The minimum atomic E-state index is -1.33. The highest BCUT2D eigenvalue weighted by Gasteiger charge is 2.77. The quantitative estimate of drug-likeness (QED) is 0.144. The molecule has 11 heteroatoms. The lowest BCUT2D eigenvalue weighted by Gasteiger charge is -2.46. The maximum absolute atomic E-state index is 15.0.